The fourth-order valence-corrected chi connectivity index (χ4v) is 2.57. The monoisotopic (exact) mass is 307 g/mol. The van der Waals surface area contributed by atoms with Gasteiger partial charge in [0.05, 0.1) is 7.11 Å². The molecule has 0 aliphatic heterocycles. The second-order valence-corrected chi connectivity index (χ2v) is 7.24. The number of carbonyl (C=O) groups is 3. The topological polar surface area (TPSA) is 89.9 Å². The third-order valence-corrected chi connectivity index (χ3v) is 3.42. The standard InChI is InChI=1S/C14H13NO5S/c1-20-14(18)10-11(15-21(2,3)19)13(17)9-7-5-4-6-8(9)12(10)16/h4-7H,1-3H3. The van der Waals surface area contributed by atoms with Crippen LogP contribution in [0.15, 0.2) is 39.9 Å². The van der Waals surface area contributed by atoms with Crippen LogP contribution >= 0.6 is 0 Å². The number of nitrogens with zero attached hydrogens (tertiary/aromatic N) is 1. The number of hydrogen-bond acceptors (Lipinski definition) is 6. The molecule has 0 saturated heterocycles. The van der Waals surface area contributed by atoms with E-state index in [1.54, 1.807) is 12.1 Å². The second-order valence-electron chi connectivity index (χ2n) is 4.69. The predicted molar refractivity (Wildman–Crippen MR) is 76.6 cm³/mol. The molecule has 0 atom stereocenters. The molecular weight excluding hydrogens is 294 g/mol. The largest absolute Gasteiger partial charge is 0.465 e. The Kier molecular flexibility index (Phi) is 3.78. The minimum atomic E-state index is -2.72. The van der Waals surface area contributed by atoms with E-state index in [9.17, 15) is 18.6 Å². The van der Waals surface area contributed by atoms with Gasteiger partial charge in [0.2, 0.25) is 11.6 Å². The van der Waals surface area contributed by atoms with E-state index in [1.807, 2.05) is 0 Å². The summed E-state index contributed by atoms with van der Waals surface area (Å²) in [6.07, 6.45) is 2.63. The zero-order valence-electron chi connectivity index (χ0n) is 11.7. The molecule has 0 heterocycles. The molecule has 0 radical (unpaired) electrons. The van der Waals surface area contributed by atoms with Gasteiger partial charge in [-0.15, -0.1) is 0 Å². The van der Waals surface area contributed by atoms with Crippen molar-refractivity contribution in [1.82, 2.24) is 0 Å². The highest BCUT2D eigenvalue weighted by Crippen LogP contribution is 2.28. The summed E-state index contributed by atoms with van der Waals surface area (Å²) in [5.74, 6) is -2.23. The molecule has 0 aromatic heterocycles. The lowest BCUT2D eigenvalue weighted by atomic mass is 9.87. The van der Waals surface area contributed by atoms with Gasteiger partial charge in [-0.05, 0) is 0 Å². The molecule has 2 rings (SSSR count). The number of rotatable bonds is 2. The molecule has 1 aromatic carbocycles. The van der Waals surface area contributed by atoms with E-state index < -0.39 is 38.5 Å². The summed E-state index contributed by atoms with van der Waals surface area (Å²) in [5.41, 5.74) is -0.628. The Balaban J connectivity index is 2.82. The molecule has 1 aromatic rings. The van der Waals surface area contributed by atoms with Crippen LogP contribution in [0.4, 0.5) is 0 Å². The highest BCUT2D eigenvalue weighted by Gasteiger charge is 2.36. The number of allylic oxidation sites excluding steroid dienone is 1. The lowest BCUT2D eigenvalue weighted by Gasteiger charge is -2.17. The predicted octanol–water partition coefficient (Wildman–Crippen LogP) is 1.22. The number of ether oxygens (including phenoxy) is 1. The van der Waals surface area contributed by atoms with Crippen molar-refractivity contribution in [3.8, 4) is 0 Å². The first kappa shape index (κ1) is 15.1. The lowest BCUT2D eigenvalue weighted by Crippen LogP contribution is -2.27. The minimum absolute atomic E-state index is 0.112. The molecule has 0 spiro atoms. The number of benzene rings is 1. The summed E-state index contributed by atoms with van der Waals surface area (Å²) in [5, 5.41) is 0. The van der Waals surface area contributed by atoms with Crippen LogP contribution in [-0.2, 0) is 19.3 Å². The van der Waals surface area contributed by atoms with Crippen LogP contribution in [0.2, 0.25) is 0 Å². The fraction of sp³-hybridized carbons (Fsp3) is 0.214. The van der Waals surface area contributed by atoms with E-state index in [4.69, 9.17) is 0 Å². The fourth-order valence-electron chi connectivity index (χ4n) is 1.96. The van der Waals surface area contributed by atoms with Crippen molar-refractivity contribution in [1.29, 1.82) is 0 Å². The van der Waals surface area contributed by atoms with Crippen molar-refractivity contribution in [3.63, 3.8) is 0 Å². The van der Waals surface area contributed by atoms with Crippen LogP contribution in [0.1, 0.15) is 20.7 Å². The molecule has 6 nitrogen and oxygen atoms in total. The number of hydrogen-bond donors (Lipinski definition) is 0. The van der Waals surface area contributed by atoms with Crippen molar-refractivity contribution in [2.24, 2.45) is 4.36 Å². The lowest BCUT2D eigenvalue weighted by molar-refractivity contribution is -0.135. The first-order chi connectivity index (χ1) is 9.76. The van der Waals surface area contributed by atoms with Crippen molar-refractivity contribution < 1.29 is 23.3 Å². The van der Waals surface area contributed by atoms with Crippen LogP contribution in [0.25, 0.3) is 0 Å². The van der Waals surface area contributed by atoms with Gasteiger partial charge in [-0.3, -0.25) is 9.59 Å². The summed E-state index contributed by atoms with van der Waals surface area (Å²) in [7, 11) is -1.62. The number of ketones is 2. The molecule has 0 saturated carbocycles. The Morgan fingerprint density at radius 3 is 2.10 bits per heavy atom. The molecule has 0 unspecified atom stereocenters. The van der Waals surface area contributed by atoms with Crippen LogP contribution in [-0.4, -0.2) is 41.4 Å². The summed E-state index contributed by atoms with van der Waals surface area (Å²) < 4.78 is 20.2. The first-order valence-corrected chi connectivity index (χ1v) is 8.27. The molecule has 110 valence electrons. The number of Topliss-reactive ketones (excluding diaryl/α,β-unsaturated/α-hetero) is 2. The number of carbonyl (C=O) groups excluding carboxylic acids is 3. The smallest absolute Gasteiger partial charge is 0.344 e. The summed E-state index contributed by atoms with van der Waals surface area (Å²) in [6.45, 7) is 0. The van der Waals surface area contributed by atoms with Gasteiger partial charge in [0.15, 0.2) is 0 Å². The van der Waals surface area contributed by atoms with Gasteiger partial charge in [0, 0.05) is 33.4 Å². The second kappa shape index (κ2) is 5.25. The number of esters is 1. The van der Waals surface area contributed by atoms with E-state index in [0.29, 0.717) is 0 Å². The Morgan fingerprint density at radius 2 is 1.62 bits per heavy atom. The van der Waals surface area contributed by atoms with Gasteiger partial charge in [-0.1, -0.05) is 24.3 Å². The van der Waals surface area contributed by atoms with E-state index in [1.165, 1.54) is 24.6 Å². The van der Waals surface area contributed by atoms with E-state index in [-0.39, 0.29) is 11.1 Å². The Morgan fingerprint density at radius 1 is 1.10 bits per heavy atom. The number of methoxy groups -OCH3 is 1. The number of fused-ring (bicyclic) bond motifs is 1. The van der Waals surface area contributed by atoms with Crippen LogP contribution in [0, 0.1) is 0 Å². The van der Waals surface area contributed by atoms with Crippen LogP contribution in [0.3, 0.4) is 0 Å². The Hall–Kier alpha value is -2.28. The quantitative estimate of drug-likeness (QED) is 0.605. The molecule has 0 N–H and O–H groups in total. The van der Waals surface area contributed by atoms with Gasteiger partial charge < -0.3 is 4.74 Å². The third-order valence-electron chi connectivity index (χ3n) is 2.80. The Bertz CT molecular complexity index is 804. The minimum Gasteiger partial charge on any atom is -0.465 e. The van der Waals surface area contributed by atoms with Gasteiger partial charge in [-0.25, -0.2) is 9.00 Å². The van der Waals surface area contributed by atoms with Crippen molar-refractivity contribution >= 4 is 27.3 Å². The average Bonchev–Trinajstić information content (AvgIpc) is 2.43. The highest BCUT2D eigenvalue weighted by atomic mass is 32.2. The van der Waals surface area contributed by atoms with Gasteiger partial charge in [0.1, 0.15) is 11.3 Å². The zero-order valence-corrected chi connectivity index (χ0v) is 12.5. The first-order valence-electron chi connectivity index (χ1n) is 5.94. The van der Waals surface area contributed by atoms with Crippen LogP contribution < -0.4 is 0 Å². The van der Waals surface area contributed by atoms with E-state index in [0.717, 1.165) is 7.11 Å². The van der Waals surface area contributed by atoms with Gasteiger partial charge in [-0.2, -0.15) is 4.36 Å². The maximum Gasteiger partial charge on any atom is 0.344 e. The molecule has 7 heteroatoms. The molecule has 0 fully saturated rings. The van der Waals surface area contributed by atoms with Crippen molar-refractivity contribution in [2.75, 3.05) is 19.6 Å². The molecule has 0 amide bonds. The molecule has 0 bridgehead atoms. The third kappa shape index (κ3) is 2.78. The van der Waals surface area contributed by atoms with E-state index >= 15 is 0 Å². The summed E-state index contributed by atoms with van der Waals surface area (Å²) in [4.78, 5) is 36.7. The zero-order chi connectivity index (χ0) is 15.8. The molecule has 1 aliphatic rings. The van der Waals surface area contributed by atoms with Crippen molar-refractivity contribution in [3.05, 3.63) is 46.7 Å². The van der Waals surface area contributed by atoms with Crippen molar-refractivity contribution in [2.45, 2.75) is 0 Å². The summed E-state index contributed by atoms with van der Waals surface area (Å²) in [6, 6.07) is 6.10. The average molecular weight is 307 g/mol. The maximum absolute atomic E-state index is 12.4. The molecule has 1 aliphatic carbocycles. The molecule has 21 heavy (non-hydrogen) atoms. The normalized spacial score (nSPS) is 14.8. The molecular formula is C14H13NO5S. The SMILES string of the molecule is COC(=O)C1=C(N=S(C)(C)=O)C(=O)c2ccccc2C1=O. The maximum atomic E-state index is 12.4. The van der Waals surface area contributed by atoms with Gasteiger partial charge in [0.25, 0.3) is 0 Å². The van der Waals surface area contributed by atoms with Crippen LogP contribution in [0.5, 0.6) is 0 Å². The Labute approximate surface area is 122 Å². The van der Waals surface area contributed by atoms with E-state index in [2.05, 4.69) is 9.10 Å². The highest BCUT2D eigenvalue weighted by molar-refractivity contribution is 7.92. The van der Waals surface area contributed by atoms with Gasteiger partial charge >= 0.3 is 5.97 Å². The summed E-state index contributed by atoms with van der Waals surface area (Å²) >= 11 is 0.